The Morgan fingerprint density at radius 3 is 2.65 bits per heavy atom. The Morgan fingerprint density at radius 1 is 1.09 bits per heavy atom. The zero-order chi connectivity index (χ0) is 23.8. The van der Waals surface area contributed by atoms with Gasteiger partial charge in [-0.15, -0.1) is 11.8 Å². The number of carbonyl (C=O) groups is 1. The SMILES string of the molecule is Cc1ccccc1COc1ccc(-c2cc(C(=O)Nc3ccccc3SCCC#N)no2)cc1. The summed E-state index contributed by atoms with van der Waals surface area (Å²) in [7, 11) is 0. The van der Waals surface area contributed by atoms with Gasteiger partial charge in [-0.3, -0.25) is 4.79 Å². The van der Waals surface area contributed by atoms with E-state index < -0.39 is 0 Å². The molecule has 4 rings (SSSR count). The summed E-state index contributed by atoms with van der Waals surface area (Å²) in [4.78, 5) is 13.6. The van der Waals surface area contributed by atoms with E-state index in [0.717, 1.165) is 21.8 Å². The van der Waals surface area contributed by atoms with Gasteiger partial charge in [0.15, 0.2) is 11.5 Å². The number of thioether (sulfide) groups is 1. The number of ether oxygens (including phenoxy) is 1. The molecule has 170 valence electrons. The number of rotatable bonds is 9. The smallest absolute Gasteiger partial charge is 0.277 e. The molecule has 0 spiro atoms. The van der Waals surface area contributed by atoms with Crippen LogP contribution < -0.4 is 10.1 Å². The summed E-state index contributed by atoms with van der Waals surface area (Å²) in [6.07, 6.45) is 0.440. The van der Waals surface area contributed by atoms with Crippen molar-refractivity contribution in [2.24, 2.45) is 0 Å². The van der Waals surface area contributed by atoms with Crippen LogP contribution in [-0.4, -0.2) is 16.8 Å². The molecular formula is C27H23N3O3S. The van der Waals surface area contributed by atoms with Crippen LogP contribution in [-0.2, 0) is 6.61 Å². The van der Waals surface area contributed by atoms with E-state index in [9.17, 15) is 4.79 Å². The Balaban J connectivity index is 1.39. The van der Waals surface area contributed by atoms with E-state index in [0.29, 0.717) is 30.2 Å². The lowest BCUT2D eigenvalue weighted by atomic mass is 10.1. The third-order valence-electron chi connectivity index (χ3n) is 5.14. The van der Waals surface area contributed by atoms with Gasteiger partial charge in [-0.25, -0.2) is 0 Å². The molecule has 0 aliphatic carbocycles. The lowest BCUT2D eigenvalue weighted by Gasteiger charge is -2.09. The number of anilines is 1. The van der Waals surface area contributed by atoms with Gasteiger partial charge in [0.05, 0.1) is 11.8 Å². The van der Waals surface area contributed by atoms with Crippen LogP contribution in [0.15, 0.2) is 88.3 Å². The first-order chi connectivity index (χ1) is 16.6. The zero-order valence-electron chi connectivity index (χ0n) is 18.7. The van der Waals surface area contributed by atoms with Crippen LogP contribution in [0, 0.1) is 18.3 Å². The van der Waals surface area contributed by atoms with Gasteiger partial charge < -0.3 is 14.6 Å². The van der Waals surface area contributed by atoms with Crippen molar-refractivity contribution in [2.75, 3.05) is 11.1 Å². The Hall–Kier alpha value is -4.02. The molecule has 0 radical (unpaired) electrons. The Kier molecular flexibility index (Phi) is 7.63. The third-order valence-corrected chi connectivity index (χ3v) is 6.22. The number of nitrogens with zero attached hydrogens (tertiary/aromatic N) is 2. The number of carbonyl (C=O) groups excluding carboxylic acids is 1. The van der Waals surface area contributed by atoms with Crippen molar-refractivity contribution in [3.05, 3.63) is 95.7 Å². The summed E-state index contributed by atoms with van der Waals surface area (Å²) in [6, 6.07) is 26.8. The van der Waals surface area contributed by atoms with Crippen LogP contribution in [0.2, 0.25) is 0 Å². The second-order valence-electron chi connectivity index (χ2n) is 7.52. The summed E-state index contributed by atoms with van der Waals surface area (Å²) in [6.45, 7) is 2.56. The summed E-state index contributed by atoms with van der Waals surface area (Å²) >= 11 is 1.52. The molecule has 1 heterocycles. The van der Waals surface area contributed by atoms with E-state index in [1.807, 2.05) is 66.7 Å². The van der Waals surface area contributed by atoms with E-state index in [1.165, 1.54) is 17.3 Å². The predicted molar refractivity (Wildman–Crippen MR) is 133 cm³/mol. The van der Waals surface area contributed by atoms with Gasteiger partial charge in [-0.2, -0.15) is 5.26 Å². The van der Waals surface area contributed by atoms with E-state index >= 15 is 0 Å². The Morgan fingerprint density at radius 2 is 1.85 bits per heavy atom. The van der Waals surface area contributed by atoms with Crippen LogP contribution in [0.4, 0.5) is 5.69 Å². The molecule has 0 atom stereocenters. The number of benzene rings is 3. The maximum atomic E-state index is 12.7. The summed E-state index contributed by atoms with van der Waals surface area (Å²) in [5.41, 5.74) is 3.99. The van der Waals surface area contributed by atoms with E-state index in [4.69, 9.17) is 14.5 Å². The normalized spacial score (nSPS) is 10.5. The first-order valence-electron chi connectivity index (χ1n) is 10.8. The first kappa shape index (κ1) is 23.1. The van der Waals surface area contributed by atoms with E-state index in [-0.39, 0.29) is 11.6 Å². The second kappa shape index (κ2) is 11.2. The van der Waals surface area contributed by atoms with Crippen molar-refractivity contribution < 1.29 is 14.1 Å². The average Bonchev–Trinajstić information content (AvgIpc) is 3.36. The molecule has 0 aliphatic rings. The number of nitriles is 1. The predicted octanol–water partition coefficient (Wildman–Crippen LogP) is 6.49. The highest BCUT2D eigenvalue weighted by molar-refractivity contribution is 7.99. The van der Waals surface area contributed by atoms with Gasteiger partial charge >= 0.3 is 0 Å². The molecule has 1 aromatic heterocycles. The Labute approximate surface area is 202 Å². The molecule has 0 unspecified atom stereocenters. The highest BCUT2D eigenvalue weighted by Gasteiger charge is 2.15. The molecule has 3 aromatic carbocycles. The zero-order valence-corrected chi connectivity index (χ0v) is 19.5. The molecule has 0 fully saturated rings. The first-order valence-corrected chi connectivity index (χ1v) is 11.8. The molecular weight excluding hydrogens is 446 g/mol. The third kappa shape index (κ3) is 5.85. The molecule has 6 nitrogen and oxygen atoms in total. The minimum absolute atomic E-state index is 0.187. The highest BCUT2D eigenvalue weighted by Crippen LogP contribution is 2.28. The van der Waals surface area contributed by atoms with Gasteiger partial charge in [-0.1, -0.05) is 41.6 Å². The van der Waals surface area contributed by atoms with E-state index in [2.05, 4.69) is 29.5 Å². The van der Waals surface area contributed by atoms with Crippen LogP contribution in [0.1, 0.15) is 28.0 Å². The van der Waals surface area contributed by atoms with Crippen LogP contribution in [0.5, 0.6) is 5.75 Å². The molecule has 0 aliphatic heterocycles. The van der Waals surface area contributed by atoms with Crippen LogP contribution in [0.25, 0.3) is 11.3 Å². The van der Waals surface area contributed by atoms with Crippen LogP contribution in [0.3, 0.4) is 0 Å². The number of amides is 1. The van der Waals surface area contributed by atoms with Gasteiger partial charge in [0.25, 0.3) is 5.91 Å². The molecule has 1 amide bonds. The number of aromatic nitrogens is 1. The quantitative estimate of drug-likeness (QED) is 0.223. The van der Waals surface area contributed by atoms with Crippen molar-refractivity contribution in [1.29, 1.82) is 5.26 Å². The maximum Gasteiger partial charge on any atom is 0.277 e. The van der Waals surface area contributed by atoms with E-state index in [1.54, 1.807) is 6.07 Å². The fourth-order valence-electron chi connectivity index (χ4n) is 3.26. The lowest BCUT2D eigenvalue weighted by molar-refractivity contribution is 0.101. The fraction of sp³-hybridized carbons (Fsp3) is 0.148. The van der Waals surface area contributed by atoms with Crippen molar-refractivity contribution in [3.8, 4) is 23.1 Å². The Bertz CT molecular complexity index is 1310. The van der Waals surface area contributed by atoms with Gasteiger partial charge in [0.2, 0.25) is 0 Å². The number of aryl methyl sites for hydroxylation is 1. The van der Waals surface area contributed by atoms with Gasteiger partial charge in [-0.05, 0) is 54.4 Å². The molecule has 4 aromatic rings. The average molecular weight is 470 g/mol. The summed E-state index contributed by atoms with van der Waals surface area (Å²) < 4.78 is 11.3. The number of para-hydroxylation sites is 1. The van der Waals surface area contributed by atoms with Crippen molar-refractivity contribution in [3.63, 3.8) is 0 Å². The van der Waals surface area contributed by atoms with Gasteiger partial charge in [0.1, 0.15) is 12.4 Å². The standard InChI is InChI=1S/C27H23N3O3S/c1-19-7-2-3-8-21(19)18-32-22-13-11-20(12-14-22)25-17-24(30-33-25)27(31)29-23-9-4-5-10-26(23)34-16-6-15-28/h2-5,7-14,17H,6,16,18H2,1H3,(H,29,31). The van der Waals surface area contributed by atoms with Crippen molar-refractivity contribution in [1.82, 2.24) is 5.16 Å². The largest absolute Gasteiger partial charge is 0.489 e. The lowest BCUT2D eigenvalue weighted by Crippen LogP contribution is -2.12. The minimum Gasteiger partial charge on any atom is -0.489 e. The van der Waals surface area contributed by atoms with Crippen molar-refractivity contribution in [2.45, 2.75) is 24.8 Å². The van der Waals surface area contributed by atoms with Crippen molar-refractivity contribution >= 4 is 23.4 Å². The fourth-order valence-corrected chi connectivity index (χ4v) is 4.12. The molecule has 0 saturated carbocycles. The minimum atomic E-state index is -0.360. The monoisotopic (exact) mass is 469 g/mol. The van der Waals surface area contributed by atoms with Crippen LogP contribution >= 0.6 is 11.8 Å². The summed E-state index contributed by atoms with van der Waals surface area (Å²) in [5.74, 6) is 1.53. The second-order valence-corrected chi connectivity index (χ2v) is 8.66. The molecule has 0 saturated heterocycles. The summed E-state index contributed by atoms with van der Waals surface area (Å²) in [5, 5.41) is 15.6. The molecule has 0 bridgehead atoms. The molecule has 1 N–H and O–H groups in total. The highest BCUT2D eigenvalue weighted by atomic mass is 32.2. The number of hydrogen-bond donors (Lipinski definition) is 1. The number of hydrogen-bond acceptors (Lipinski definition) is 6. The topological polar surface area (TPSA) is 88.1 Å². The molecule has 34 heavy (non-hydrogen) atoms. The molecule has 7 heteroatoms. The maximum absolute atomic E-state index is 12.7. The van der Waals surface area contributed by atoms with Gasteiger partial charge in [0, 0.05) is 28.7 Å². The number of nitrogens with one attached hydrogen (secondary N) is 1.